The monoisotopic (exact) mass is 285 g/mol. The summed E-state index contributed by atoms with van der Waals surface area (Å²) < 4.78 is 9.69. The maximum Gasteiger partial charge on any atom is 0.339 e. The molecule has 0 atom stereocenters. The van der Waals surface area contributed by atoms with Crippen LogP contribution < -0.4 is 10.5 Å². The maximum atomic E-state index is 12.5. The minimum absolute atomic E-state index is 0.116. The standard InChI is InChI=1S/C16H15NO4/c1-20-11-8-6-10(7-9-11)15(18)12-4-3-5-13(14(12)17)16(19)21-2/h3-9H,17H2,1-2H3. The third-order valence-corrected chi connectivity index (χ3v) is 3.11. The van der Waals surface area contributed by atoms with Gasteiger partial charge in [-0.25, -0.2) is 4.79 Å². The Morgan fingerprint density at radius 2 is 1.57 bits per heavy atom. The van der Waals surface area contributed by atoms with Gasteiger partial charge in [0.1, 0.15) is 5.75 Å². The number of anilines is 1. The third kappa shape index (κ3) is 2.86. The van der Waals surface area contributed by atoms with Crippen molar-refractivity contribution in [3.05, 3.63) is 59.2 Å². The summed E-state index contributed by atoms with van der Waals surface area (Å²) in [4.78, 5) is 24.1. The number of esters is 1. The normalized spacial score (nSPS) is 10.0. The smallest absolute Gasteiger partial charge is 0.339 e. The van der Waals surface area contributed by atoms with Crippen LogP contribution in [0.2, 0.25) is 0 Å². The molecule has 0 aliphatic rings. The summed E-state index contributed by atoms with van der Waals surface area (Å²) in [6.07, 6.45) is 0. The SMILES string of the molecule is COC(=O)c1cccc(C(=O)c2ccc(OC)cc2)c1N. The van der Waals surface area contributed by atoms with E-state index in [1.54, 1.807) is 43.5 Å². The zero-order valence-electron chi connectivity index (χ0n) is 11.8. The molecule has 21 heavy (non-hydrogen) atoms. The molecule has 0 aromatic heterocycles. The van der Waals surface area contributed by atoms with Gasteiger partial charge in [-0.05, 0) is 36.4 Å². The Labute approximate surface area is 122 Å². The Balaban J connectivity index is 2.41. The fourth-order valence-electron chi connectivity index (χ4n) is 1.95. The second-order valence-electron chi connectivity index (χ2n) is 4.32. The number of hydrogen-bond donors (Lipinski definition) is 1. The first kappa shape index (κ1) is 14.6. The lowest BCUT2D eigenvalue weighted by Crippen LogP contribution is -2.11. The lowest BCUT2D eigenvalue weighted by Gasteiger charge is -2.09. The number of rotatable bonds is 4. The molecule has 0 unspecified atom stereocenters. The summed E-state index contributed by atoms with van der Waals surface area (Å²) >= 11 is 0. The average molecular weight is 285 g/mol. The van der Waals surface area contributed by atoms with Gasteiger partial charge in [-0.2, -0.15) is 0 Å². The van der Waals surface area contributed by atoms with Crippen LogP contribution in [0.15, 0.2) is 42.5 Å². The van der Waals surface area contributed by atoms with E-state index in [1.165, 1.54) is 13.2 Å². The van der Waals surface area contributed by atoms with E-state index in [0.29, 0.717) is 11.3 Å². The van der Waals surface area contributed by atoms with Gasteiger partial charge >= 0.3 is 5.97 Å². The Kier molecular flexibility index (Phi) is 4.23. The van der Waals surface area contributed by atoms with Crippen molar-refractivity contribution < 1.29 is 19.1 Å². The molecule has 0 bridgehead atoms. The molecule has 2 aromatic carbocycles. The number of para-hydroxylation sites is 1. The number of ether oxygens (including phenoxy) is 2. The molecular formula is C16H15NO4. The molecule has 2 aromatic rings. The largest absolute Gasteiger partial charge is 0.497 e. The van der Waals surface area contributed by atoms with Gasteiger partial charge in [-0.1, -0.05) is 6.07 Å². The number of methoxy groups -OCH3 is 2. The first-order valence-corrected chi connectivity index (χ1v) is 6.24. The summed E-state index contributed by atoms with van der Waals surface area (Å²) in [5, 5.41) is 0. The van der Waals surface area contributed by atoms with Crippen LogP contribution >= 0.6 is 0 Å². The van der Waals surface area contributed by atoms with Gasteiger partial charge < -0.3 is 15.2 Å². The van der Waals surface area contributed by atoms with Crippen molar-refractivity contribution in [2.75, 3.05) is 20.0 Å². The summed E-state index contributed by atoms with van der Waals surface area (Å²) in [5.74, 6) is -0.180. The van der Waals surface area contributed by atoms with E-state index >= 15 is 0 Å². The molecular weight excluding hydrogens is 270 g/mol. The molecule has 0 fully saturated rings. The summed E-state index contributed by atoms with van der Waals surface area (Å²) in [5.41, 5.74) is 6.93. The molecule has 0 saturated carbocycles. The second kappa shape index (κ2) is 6.09. The van der Waals surface area contributed by atoms with Gasteiger partial charge in [0.25, 0.3) is 0 Å². The molecule has 0 amide bonds. The van der Waals surface area contributed by atoms with E-state index in [0.717, 1.165) is 0 Å². The Morgan fingerprint density at radius 1 is 0.952 bits per heavy atom. The van der Waals surface area contributed by atoms with Crippen LogP contribution in [0.25, 0.3) is 0 Å². The molecule has 0 radical (unpaired) electrons. The number of benzene rings is 2. The van der Waals surface area contributed by atoms with E-state index in [2.05, 4.69) is 4.74 Å². The highest BCUT2D eigenvalue weighted by Crippen LogP contribution is 2.22. The lowest BCUT2D eigenvalue weighted by molar-refractivity contribution is 0.0602. The predicted molar refractivity (Wildman–Crippen MR) is 78.6 cm³/mol. The summed E-state index contributed by atoms with van der Waals surface area (Å²) in [6.45, 7) is 0. The predicted octanol–water partition coefficient (Wildman–Crippen LogP) is 2.29. The quantitative estimate of drug-likeness (QED) is 0.529. The van der Waals surface area contributed by atoms with Crippen molar-refractivity contribution in [3.8, 4) is 5.75 Å². The molecule has 0 spiro atoms. The zero-order chi connectivity index (χ0) is 15.4. The van der Waals surface area contributed by atoms with E-state index in [4.69, 9.17) is 10.5 Å². The third-order valence-electron chi connectivity index (χ3n) is 3.11. The molecule has 5 heteroatoms. The maximum absolute atomic E-state index is 12.5. The highest BCUT2D eigenvalue weighted by atomic mass is 16.5. The number of carbonyl (C=O) groups is 2. The number of carbonyl (C=O) groups excluding carboxylic acids is 2. The molecule has 0 heterocycles. The zero-order valence-corrected chi connectivity index (χ0v) is 11.8. The van der Waals surface area contributed by atoms with Crippen LogP contribution in [0.1, 0.15) is 26.3 Å². The van der Waals surface area contributed by atoms with Crippen molar-refractivity contribution >= 4 is 17.4 Å². The molecule has 0 aliphatic heterocycles. The molecule has 0 saturated heterocycles. The Hall–Kier alpha value is -2.82. The topological polar surface area (TPSA) is 78.6 Å². The summed E-state index contributed by atoms with van der Waals surface area (Å²) in [7, 11) is 2.81. The molecule has 108 valence electrons. The van der Waals surface area contributed by atoms with Gasteiger partial charge in [0.15, 0.2) is 5.78 Å². The van der Waals surface area contributed by atoms with Crippen LogP contribution in [0, 0.1) is 0 Å². The van der Waals surface area contributed by atoms with Gasteiger partial charge in [-0.3, -0.25) is 4.79 Å². The van der Waals surface area contributed by atoms with E-state index in [1.807, 2.05) is 0 Å². The molecule has 0 aliphatic carbocycles. The number of hydrogen-bond acceptors (Lipinski definition) is 5. The van der Waals surface area contributed by atoms with E-state index < -0.39 is 5.97 Å². The minimum atomic E-state index is -0.572. The highest BCUT2D eigenvalue weighted by molar-refractivity contribution is 6.14. The van der Waals surface area contributed by atoms with Gasteiger partial charge in [0, 0.05) is 11.1 Å². The Bertz CT molecular complexity index is 677. The van der Waals surface area contributed by atoms with Crippen molar-refractivity contribution in [1.82, 2.24) is 0 Å². The van der Waals surface area contributed by atoms with Gasteiger partial charge in [-0.15, -0.1) is 0 Å². The van der Waals surface area contributed by atoms with Crippen molar-refractivity contribution in [1.29, 1.82) is 0 Å². The minimum Gasteiger partial charge on any atom is -0.497 e. The molecule has 2 rings (SSSR count). The molecule has 2 N–H and O–H groups in total. The van der Waals surface area contributed by atoms with Crippen LogP contribution in [-0.4, -0.2) is 26.0 Å². The lowest BCUT2D eigenvalue weighted by atomic mass is 9.99. The number of nitrogen functional groups attached to an aromatic ring is 1. The Morgan fingerprint density at radius 3 is 2.14 bits per heavy atom. The first-order chi connectivity index (χ1) is 10.1. The summed E-state index contributed by atoms with van der Waals surface area (Å²) in [6, 6.07) is 11.4. The van der Waals surface area contributed by atoms with Crippen molar-refractivity contribution in [2.24, 2.45) is 0 Å². The van der Waals surface area contributed by atoms with Crippen LogP contribution in [0.4, 0.5) is 5.69 Å². The van der Waals surface area contributed by atoms with Gasteiger partial charge in [0.05, 0.1) is 25.5 Å². The van der Waals surface area contributed by atoms with Crippen molar-refractivity contribution in [3.63, 3.8) is 0 Å². The van der Waals surface area contributed by atoms with Crippen molar-refractivity contribution in [2.45, 2.75) is 0 Å². The number of ketones is 1. The average Bonchev–Trinajstić information content (AvgIpc) is 2.54. The molecule has 5 nitrogen and oxygen atoms in total. The van der Waals surface area contributed by atoms with Crippen LogP contribution in [0.5, 0.6) is 5.75 Å². The first-order valence-electron chi connectivity index (χ1n) is 6.24. The van der Waals surface area contributed by atoms with E-state index in [9.17, 15) is 9.59 Å². The van der Waals surface area contributed by atoms with Gasteiger partial charge in [0.2, 0.25) is 0 Å². The van der Waals surface area contributed by atoms with E-state index in [-0.39, 0.29) is 22.6 Å². The van der Waals surface area contributed by atoms with Crippen LogP contribution in [-0.2, 0) is 4.74 Å². The fourth-order valence-corrected chi connectivity index (χ4v) is 1.95. The fraction of sp³-hybridized carbons (Fsp3) is 0.125. The number of nitrogens with two attached hydrogens (primary N) is 1. The second-order valence-corrected chi connectivity index (χ2v) is 4.32. The van der Waals surface area contributed by atoms with Crippen LogP contribution in [0.3, 0.4) is 0 Å². The highest BCUT2D eigenvalue weighted by Gasteiger charge is 2.18.